The van der Waals surface area contributed by atoms with Crippen LogP contribution in [0.3, 0.4) is 0 Å². The summed E-state index contributed by atoms with van der Waals surface area (Å²) in [5, 5.41) is 13.3. The number of hydrogen-bond donors (Lipinski definition) is 0. The normalized spacial score (nSPS) is 15.3. The van der Waals surface area contributed by atoms with Crippen molar-refractivity contribution in [2.45, 2.75) is 6.67 Å². The summed E-state index contributed by atoms with van der Waals surface area (Å²) in [7, 11) is 0. The molecule has 1 aliphatic rings. The molecular formula is C15H14Cl2N6O. The predicted molar refractivity (Wildman–Crippen MR) is 91.3 cm³/mol. The molecule has 24 heavy (non-hydrogen) atoms. The molecule has 0 unspecified atom stereocenters. The van der Waals surface area contributed by atoms with Crippen molar-refractivity contribution in [3.05, 3.63) is 50.5 Å². The van der Waals surface area contributed by atoms with Crippen molar-refractivity contribution in [1.82, 2.24) is 19.7 Å². The molecule has 0 amide bonds. The zero-order valence-corrected chi connectivity index (χ0v) is 14.2. The maximum atomic E-state index is 12.0. The summed E-state index contributed by atoms with van der Waals surface area (Å²) in [6.45, 7) is 3.20. The predicted octanol–water partition coefficient (Wildman–Crippen LogP) is 1.60. The number of aromatic nitrogens is 3. The van der Waals surface area contributed by atoms with Gasteiger partial charge in [0, 0.05) is 32.4 Å². The highest BCUT2D eigenvalue weighted by molar-refractivity contribution is 6.41. The molecule has 3 rings (SSSR count). The summed E-state index contributed by atoms with van der Waals surface area (Å²) in [6, 6.07) is 5.67. The van der Waals surface area contributed by atoms with Crippen molar-refractivity contribution in [2.75, 3.05) is 31.1 Å². The number of hydrogen-bond acceptors (Lipinski definition) is 6. The molecule has 1 saturated heterocycles. The van der Waals surface area contributed by atoms with E-state index in [9.17, 15) is 10.1 Å². The van der Waals surface area contributed by atoms with Gasteiger partial charge in [0.1, 0.15) is 16.9 Å². The Morgan fingerprint density at radius 1 is 1.25 bits per heavy atom. The van der Waals surface area contributed by atoms with E-state index in [1.807, 2.05) is 0 Å². The van der Waals surface area contributed by atoms with Crippen LogP contribution >= 0.6 is 23.2 Å². The second-order valence-corrected chi connectivity index (χ2v) is 6.13. The number of nitriles is 1. The van der Waals surface area contributed by atoms with Gasteiger partial charge in [-0.1, -0.05) is 23.2 Å². The first-order valence-electron chi connectivity index (χ1n) is 7.33. The summed E-state index contributed by atoms with van der Waals surface area (Å²) in [6.07, 6.45) is 3.05. The maximum absolute atomic E-state index is 12.0. The molecule has 124 valence electrons. The van der Waals surface area contributed by atoms with Gasteiger partial charge in [-0.05, 0) is 12.1 Å². The Labute approximate surface area is 148 Å². The minimum absolute atomic E-state index is 0.0162. The molecule has 0 bridgehead atoms. The molecule has 1 fully saturated rings. The molecule has 7 nitrogen and oxygen atoms in total. The van der Waals surface area contributed by atoms with Crippen molar-refractivity contribution in [2.24, 2.45) is 0 Å². The Bertz CT molecular complexity index is 839. The number of anilines is 1. The molecule has 0 atom stereocenters. The molecule has 2 aromatic heterocycles. The van der Waals surface area contributed by atoms with E-state index in [-0.39, 0.29) is 10.0 Å². The van der Waals surface area contributed by atoms with Crippen LogP contribution in [0.2, 0.25) is 10.0 Å². The van der Waals surface area contributed by atoms with Crippen LogP contribution in [0.1, 0.15) is 5.56 Å². The Hall–Kier alpha value is -2.14. The van der Waals surface area contributed by atoms with Gasteiger partial charge >= 0.3 is 0 Å². The fourth-order valence-electron chi connectivity index (χ4n) is 2.57. The molecule has 2 aromatic rings. The first-order valence-corrected chi connectivity index (χ1v) is 8.09. The van der Waals surface area contributed by atoms with Crippen molar-refractivity contribution in [3.63, 3.8) is 0 Å². The van der Waals surface area contributed by atoms with Gasteiger partial charge < -0.3 is 4.90 Å². The van der Waals surface area contributed by atoms with E-state index in [0.717, 1.165) is 13.1 Å². The van der Waals surface area contributed by atoms with Crippen molar-refractivity contribution >= 4 is 29.0 Å². The zero-order chi connectivity index (χ0) is 17.1. The lowest BCUT2D eigenvalue weighted by Gasteiger charge is -2.35. The molecule has 3 heterocycles. The van der Waals surface area contributed by atoms with E-state index in [4.69, 9.17) is 23.2 Å². The summed E-state index contributed by atoms with van der Waals surface area (Å²) in [5.74, 6) is 0.699. The lowest BCUT2D eigenvalue weighted by atomic mass is 10.2. The molecule has 9 heteroatoms. The fraction of sp³-hybridized carbons (Fsp3) is 0.333. The Kier molecular flexibility index (Phi) is 5.00. The highest BCUT2D eigenvalue weighted by Gasteiger charge is 2.21. The Morgan fingerprint density at radius 2 is 2.00 bits per heavy atom. The minimum Gasteiger partial charge on any atom is -0.353 e. The summed E-state index contributed by atoms with van der Waals surface area (Å²) >= 11 is 11.6. The SMILES string of the molecule is N#Cc1cccnc1N1CCN(Cn2ncc(Cl)c(Cl)c2=O)CC1. The standard InChI is InChI=1S/C15H14Cl2N6O/c16-12-9-20-23(15(24)13(12)17)10-21-4-6-22(7-5-21)14-11(8-18)2-1-3-19-14/h1-3,9H,4-7,10H2. The van der Waals surface area contributed by atoms with E-state index < -0.39 is 5.56 Å². The lowest BCUT2D eigenvalue weighted by Crippen LogP contribution is -2.48. The third-order valence-corrected chi connectivity index (χ3v) is 4.60. The Morgan fingerprint density at radius 3 is 2.71 bits per heavy atom. The number of rotatable bonds is 3. The van der Waals surface area contributed by atoms with Crippen LogP contribution in [0.5, 0.6) is 0 Å². The highest BCUT2D eigenvalue weighted by atomic mass is 35.5. The smallest absolute Gasteiger partial charge is 0.288 e. The van der Waals surface area contributed by atoms with Gasteiger partial charge in [0.2, 0.25) is 0 Å². The summed E-state index contributed by atoms with van der Waals surface area (Å²) < 4.78 is 1.30. The first-order chi connectivity index (χ1) is 11.6. The molecule has 0 spiro atoms. The maximum Gasteiger partial charge on any atom is 0.288 e. The second-order valence-electron chi connectivity index (χ2n) is 5.34. The van der Waals surface area contributed by atoms with Crippen LogP contribution in [-0.4, -0.2) is 45.8 Å². The highest BCUT2D eigenvalue weighted by Crippen LogP contribution is 2.18. The zero-order valence-electron chi connectivity index (χ0n) is 12.7. The van der Waals surface area contributed by atoms with Gasteiger partial charge in [-0.25, -0.2) is 9.67 Å². The molecule has 1 aliphatic heterocycles. The van der Waals surface area contributed by atoms with Crippen LogP contribution in [0.15, 0.2) is 29.3 Å². The third kappa shape index (κ3) is 3.36. The molecule has 0 N–H and O–H groups in total. The molecular weight excluding hydrogens is 351 g/mol. The van der Waals surface area contributed by atoms with Crippen molar-refractivity contribution in [1.29, 1.82) is 5.26 Å². The van der Waals surface area contributed by atoms with Crippen LogP contribution in [-0.2, 0) is 6.67 Å². The number of halogens is 2. The van der Waals surface area contributed by atoms with Gasteiger partial charge in [-0.2, -0.15) is 10.4 Å². The average Bonchev–Trinajstić information content (AvgIpc) is 2.63. The topological polar surface area (TPSA) is 78.1 Å². The van der Waals surface area contributed by atoms with Crippen LogP contribution in [0.4, 0.5) is 5.82 Å². The minimum atomic E-state index is -0.400. The molecule has 0 aromatic carbocycles. The average molecular weight is 365 g/mol. The second kappa shape index (κ2) is 7.18. The van der Waals surface area contributed by atoms with E-state index in [0.29, 0.717) is 31.1 Å². The van der Waals surface area contributed by atoms with Crippen molar-refractivity contribution < 1.29 is 0 Å². The fourth-order valence-corrected chi connectivity index (χ4v) is 2.84. The lowest BCUT2D eigenvalue weighted by molar-refractivity contribution is 0.191. The van der Waals surface area contributed by atoms with E-state index in [1.165, 1.54) is 10.9 Å². The van der Waals surface area contributed by atoms with Gasteiger partial charge in [0.05, 0.1) is 23.5 Å². The number of piperazine rings is 1. The monoisotopic (exact) mass is 364 g/mol. The number of nitrogens with zero attached hydrogens (tertiary/aromatic N) is 6. The quantitative estimate of drug-likeness (QED) is 0.822. The summed E-state index contributed by atoms with van der Waals surface area (Å²) in [5.41, 5.74) is 0.163. The van der Waals surface area contributed by atoms with Crippen LogP contribution in [0.25, 0.3) is 0 Å². The van der Waals surface area contributed by atoms with E-state index >= 15 is 0 Å². The van der Waals surface area contributed by atoms with Crippen molar-refractivity contribution in [3.8, 4) is 6.07 Å². The van der Waals surface area contributed by atoms with Crippen LogP contribution < -0.4 is 10.5 Å². The number of pyridine rings is 1. The molecule has 0 aliphatic carbocycles. The van der Waals surface area contributed by atoms with Gasteiger partial charge in [0.25, 0.3) is 5.56 Å². The van der Waals surface area contributed by atoms with E-state index in [1.54, 1.807) is 18.3 Å². The molecule has 0 radical (unpaired) electrons. The van der Waals surface area contributed by atoms with Gasteiger partial charge in [-0.3, -0.25) is 9.69 Å². The Balaban J connectivity index is 1.67. The van der Waals surface area contributed by atoms with Crippen LogP contribution in [0, 0.1) is 11.3 Å². The first kappa shape index (κ1) is 16.7. The van der Waals surface area contributed by atoms with Gasteiger partial charge in [0.15, 0.2) is 0 Å². The largest absolute Gasteiger partial charge is 0.353 e. The third-order valence-electron chi connectivity index (χ3n) is 3.86. The van der Waals surface area contributed by atoms with E-state index in [2.05, 4.69) is 26.0 Å². The summed E-state index contributed by atoms with van der Waals surface area (Å²) in [4.78, 5) is 20.5. The molecule has 0 saturated carbocycles. The van der Waals surface area contributed by atoms with Gasteiger partial charge in [-0.15, -0.1) is 0 Å².